The SMILES string of the molecule is O=C(O)c1csc(SCCN2C(=O)CC[C@@H]2CNc2cccc(F)c2)n1. The second kappa shape index (κ2) is 8.50. The Kier molecular flexibility index (Phi) is 6.10. The number of carbonyl (C=O) groups excluding carboxylic acids is 1. The molecule has 1 saturated heterocycles. The number of rotatable bonds is 8. The number of amides is 1. The van der Waals surface area contributed by atoms with Gasteiger partial charge < -0.3 is 15.3 Å². The van der Waals surface area contributed by atoms with E-state index in [9.17, 15) is 14.0 Å². The number of nitrogens with zero attached hydrogens (tertiary/aromatic N) is 2. The molecule has 138 valence electrons. The third kappa shape index (κ3) is 4.73. The van der Waals surface area contributed by atoms with Gasteiger partial charge in [0.1, 0.15) is 5.82 Å². The first kappa shape index (κ1) is 18.7. The Morgan fingerprint density at radius 1 is 1.50 bits per heavy atom. The van der Waals surface area contributed by atoms with Crippen LogP contribution in [0.2, 0.25) is 0 Å². The number of nitrogens with one attached hydrogen (secondary N) is 1. The molecule has 26 heavy (non-hydrogen) atoms. The van der Waals surface area contributed by atoms with Crippen molar-refractivity contribution in [1.29, 1.82) is 0 Å². The van der Waals surface area contributed by atoms with Gasteiger partial charge in [0.25, 0.3) is 0 Å². The van der Waals surface area contributed by atoms with Crippen LogP contribution >= 0.6 is 23.1 Å². The number of aromatic carboxylic acids is 1. The van der Waals surface area contributed by atoms with Crippen LogP contribution in [0.25, 0.3) is 0 Å². The largest absolute Gasteiger partial charge is 0.476 e. The van der Waals surface area contributed by atoms with Crippen molar-refractivity contribution in [2.75, 3.05) is 24.2 Å². The molecule has 0 spiro atoms. The van der Waals surface area contributed by atoms with E-state index in [2.05, 4.69) is 10.3 Å². The molecule has 0 radical (unpaired) electrons. The van der Waals surface area contributed by atoms with Crippen LogP contribution in [0.15, 0.2) is 34.0 Å². The fourth-order valence-electron chi connectivity index (χ4n) is 2.80. The van der Waals surface area contributed by atoms with E-state index >= 15 is 0 Å². The molecule has 0 saturated carbocycles. The fourth-order valence-corrected chi connectivity index (χ4v) is 4.61. The molecule has 2 N–H and O–H groups in total. The van der Waals surface area contributed by atoms with Gasteiger partial charge in [-0.2, -0.15) is 0 Å². The molecule has 0 unspecified atom stereocenters. The number of likely N-dealkylation sites (tertiary alicyclic amines) is 1. The molecule has 9 heteroatoms. The molecule has 1 amide bonds. The van der Waals surface area contributed by atoms with Gasteiger partial charge in [0.2, 0.25) is 5.91 Å². The molecular formula is C17H18FN3O3S2. The summed E-state index contributed by atoms with van der Waals surface area (Å²) in [7, 11) is 0. The second-order valence-corrected chi connectivity index (χ2v) is 8.02. The summed E-state index contributed by atoms with van der Waals surface area (Å²) in [5, 5.41) is 13.6. The van der Waals surface area contributed by atoms with Gasteiger partial charge in [-0.3, -0.25) is 4.79 Å². The predicted molar refractivity (Wildman–Crippen MR) is 99.4 cm³/mol. The second-order valence-electron chi connectivity index (χ2n) is 5.82. The van der Waals surface area contributed by atoms with E-state index in [1.54, 1.807) is 12.1 Å². The van der Waals surface area contributed by atoms with Crippen LogP contribution in [0.1, 0.15) is 23.3 Å². The summed E-state index contributed by atoms with van der Waals surface area (Å²) in [5.41, 5.74) is 0.745. The van der Waals surface area contributed by atoms with Crippen LogP contribution in [0.4, 0.5) is 10.1 Å². The number of carbonyl (C=O) groups is 2. The number of hydrogen-bond donors (Lipinski definition) is 2. The maximum Gasteiger partial charge on any atom is 0.355 e. The molecule has 1 aromatic carbocycles. The number of halogens is 1. The lowest BCUT2D eigenvalue weighted by atomic mass is 10.2. The summed E-state index contributed by atoms with van der Waals surface area (Å²) in [5.74, 6) is -0.572. The minimum absolute atomic E-state index is 0.0481. The quantitative estimate of drug-likeness (QED) is 0.668. The first-order valence-electron chi connectivity index (χ1n) is 8.13. The maximum absolute atomic E-state index is 13.2. The average Bonchev–Trinajstić information content (AvgIpc) is 3.21. The predicted octanol–water partition coefficient (Wildman–Crippen LogP) is 3.18. The molecule has 1 aliphatic rings. The Balaban J connectivity index is 1.50. The Hall–Kier alpha value is -2.13. The first-order chi connectivity index (χ1) is 12.5. The van der Waals surface area contributed by atoms with Gasteiger partial charge in [-0.1, -0.05) is 17.8 Å². The number of thiazole rings is 1. The van der Waals surface area contributed by atoms with E-state index in [0.29, 0.717) is 35.3 Å². The molecule has 1 fully saturated rings. The molecule has 6 nitrogen and oxygen atoms in total. The van der Waals surface area contributed by atoms with Crippen molar-refractivity contribution < 1.29 is 19.1 Å². The highest BCUT2D eigenvalue weighted by Crippen LogP contribution is 2.25. The number of carboxylic acid groups (broad SMARTS) is 1. The van der Waals surface area contributed by atoms with Crippen LogP contribution in [0.5, 0.6) is 0 Å². The molecule has 1 aliphatic heterocycles. The Morgan fingerprint density at radius 2 is 2.35 bits per heavy atom. The van der Waals surface area contributed by atoms with Crippen molar-refractivity contribution in [3.8, 4) is 0 Å². The zero-order chi connectivity index (χ0) is 18.5. The van der Waals surface area contributed by atoms with Gasteiger partial charge in [-0.15, -0.1) is 11.3 Å². The molecule has 0 aliphatic carbocycles. The number of carboxylic acids is 1. The van der Waals surface area contributed by atoms with Crippen molar-refractivity contribution in [2.45, 2.75) is 23.2 Å². The van der Waals surface area contributed by atoms with Crippen molar-refractivity contribution in [3.63, 3.8) is 0 Å². The van der Waals surface area contributed by atoms with E-state index in [1.807, 2.05) is 4.90 Å². The van der Waals surface area contributed by atoms with Crippen LogP contribution in [0.3, 0.4) is 0 Å². The molecule has 0 bridgehead atoms. The van der Waals surface area contributed by atoms with Crippen LogP contribution in [-0.4, -0.2) is 51.8 Å². The highest BCUT2D eigenvalue weighted by Gasteiger charge is 2.30. The summed E-state index contributed by atoms with van der Waals surface area (Å²) in [6, 6.07) is 6.33. The summed E-state index contributed by atoms with van der Waals surface area (Å²) < 4.78 is 13.9. The Bertz CT molecular complexity index is 799. The number of thioether (sulfide) groups is 1. The van der Waals surface area contributed by atoms with E-state index in [1.165, 1.54) is 40.6 Å². The van der Waals surface area contributed by atoms with Crippen LogP contribution in [0, 0.1) is 5.82 Å². The normalized spacial score (nSPS) is 16.9. The van der Waals surface area contributed by atoms with E-state index in [0.717, 1.165) is 6.42 Å². The lowest BCUT2D eigenvalue weighted by Crippen LogP contribution is -2.39. The summed E-state index contributed by atoms with van der Waals surface area (Å²) in [6.07, 6.45) is 1.28. The Morgan fingerprint density at radius 3 is 3.08 bits per heavy atom. The van der Waals surface area contributed by atoms with Gasteiger partial charge >= 0.3 is 5.97 Å². The molecule has 1 aromatic heterocycles. The first-order valence-corrected chi connectivity index (χ1v) is 10.00. The molecule has 2 heterocycles. The molecule has 1 atom stereocenters. The highest BCUT2D eigenvalue weighted by molar-refractivity contribution is 8.01. The van der Waals surface area contributed by atoms with E-state index in [4.69, 9.17) is 5.11 Å². The topological polar surface area (TPSA) is 82.5 Å². The Labute approximate surface area is 158 Å². The van der Waals surface area contributed by atoms with Gasteiger partial charge in [-0.25, -0.2) is 14.2 Å². The van der Waals surface area contributed by atoms with Gasteiger partial charge in [-0.05, 0) is 24.6 Å². The number of benzene rings is 1. The van der Waals surface area contributed by atoms with Crippen LogP contribution < -0.4 is 5.32 Å². The highest BCUT2D eigenvalue weighted by atomic mass is 32.2. The number of hydrogen-bond acceptors (Lipinski definition) is 6. The molecule has 3 rings (SSSR count). The average molecular weight is 395 g/mol. The van der Waals surface area contributed by atoms with Crippen molar-refractivity contribution in [3.05, 3.63) is 41.2 Å². The zero-order valence-electron chi connectivity index (χ0n) is 13.9. The summed E-state index contributed by atoms with van der Waals surface area (Å²) in [6.45, 7) is 1.14. The fraction of sp³-hybridized carbons (Fsp3) is 0.353. The minimum atomic E-state index is -1.04. The number of anilines is 1. The standard InChI is InChI=1S/C17H18FN3O3S2/c18-11-2-1-3-12(8-11)19-9-13-4-5-15(22)21(13)6-7-25-17-20-14(10-26-17)16(23)24/h1-3,8,10,13,19H,4-7,9H2,(H,23,24)/t13-/m1/s1. The van der Waals surface area contributed by atoms with Crippen molar-refractivity contribution >= 4 is 40.7 Å². The minimum Gasteiger partial charge on any atom is -0.476 e. The lowest BCUT2D eigenvalue weighted by molar-refractivity contribution is -0.128. The zero-order valence-corrected chi connectivity index (χ0v) is 15.5. The van der Waals surface area contributed by atoms with Gasteiger partial charge in [0.05, 0.1) is 0 Å². The van der Waals surface area contributed by atoms with Crippen molar-refractivity contribution in [1.82, 2.24) is 9.88 Å². The molecular weight excluding hydrogens is 377 g/mol. The summed E-state index contributed by atoms with van der Waals surface area (Å²) >= 11 is 2.74. The van der Waals surface area contributed by atoms with Gasteiger partial charge in [0.15, 0.2) is 10.0 Å². The van der Waals surface area contributed by atoms with E-state index < -0.39 is 5.97 Å². The van der Waals surface area contributed by atoms with E-state index in [-0.39, 0.29) is 23.5 Å². The third-order valence-corrected chi connectivity index (χ3v) is 6.08. The maximum atomic E-state index is 13.2. The van der Waals surface area contributed by atoms with Crippen LogP contribution in [-0.2, 0) is 4.79 Å². The number of aromatic nitrogens is 1. The smallest absolute Gasteiger partial charge is 0.355 e. The van der Waals surface area contributed by atoms with Crippen molar-refractivity contribution in [2.24, 2.45) is 0 Å². The summed E-state index contributed by atoms with van der Waals surface area (Å²) in [4.78, 5) is 28.8. The molecule has 2 aromatic rings. The van der Waals surface area contributed by atoms with Gasteiger partial charge in [0, 0.05) is 42.4 Å². The monoisotopic (exact) mass is 395 g/mol. The third-order valence-electron chi connectivity index (χ3n) is 4.08. The lowest BCUT2D eigenvalue weighted by Gasteiger charge is -2.25.